The first kappa shape index (κ1) is 16.4. The van der Waals surface area contributed by atoms with Gasteiger partial charge < -0.3 is 5.32 Å². The summed E-state index contributed by atoms with van der Waals surface area (Å²) in [5.74, 6) is -0.337. The summed E-state index contributed by atoms with van der Waals surface area (Å²) < 4.78 is 0. The molecule has 24 heavy (non-hydrogen) atoms. The van der Waals surface area contributed by atoms with Crippen molar-refractivity contribution < 1.29 is 4.79 Å². The number of nitriles is 1. The van der Waals surface area contributed by atoms with Crippen molar-refractivity contribution in [2.75, 3.05) is 0 Å². The van der Waals surface area contributed by atoms with Gasteiger partial charge in [0.15, 0.2) is 0 Å². The van der Waals surface area contributed by atoms with Crippen LogP contribution in [0.1, 0.15) is 31.9 Å². The highest BCUT2D eigenvalue weighted by Gasteiger charge is 2.27. The van der Waals surface area contributed by atoms with Crippen molar-refractivity contribution in [3.8, 4) is 6.07 Å². The summed E-state index contributed by atoms with van der Waals surface area (Å²) in [7, 11) is 0. The van der Waals surface area contributed by atoms with Gasteiger partial charge in [0, 0.05) is 20.9 Å². The van der Waals surface area contributed by atoms with Gasteiger partial charge in [0.1, 0.15) is 11.6 Å². The van der Waals surface area contributed by atoms with Gasteiger partial charge in [-0.05, 0) is 44.0 Å². The van der Waals surface area contributed by atoms with E-state index in [2.05, 4.69) is 11.4 Å². The normalized spacial score (nSPS) is 12.7. The molecule has 0 radical (unpaired) electrons. The van der Waals surface area contributed by atoms with Crippen LogP contribution in [0.2, 0.25) is 0 Å². The molecule has 1 amide bonds. The molecule has 1 aliphatic rings. The van der Waals surface area contributed by atoms with E-state index in [-0.39, 0.29) is 11.5 Å². The van der Waals surface area contributed by atoms with Gasteiger partial charge in [-0.25, -0.2) is 0 Å². The number of nitrogens with zero attached hydrogens (tertiary/aromatic N) is 1. The molecule has 1 aliphatic heterocycles. The number of hydrogen-bond acceptors (Lipinski definition) is 3. The molecule has 120 valence electrons. The molecule has 0 bridgehead atoms. The van der Waals surface area contributed by atoms with Gasteiger partial charge in [0.25, 0.3) is 5.91 Å². The minimum atomic E-state index is -0.401. The van der Waals surface area contributed by atoms with Crippen molar-refractivity contribution in [2.24, 2.45) is 0 Å². The molecule has 0 aromatic heterocycles. The number of carbonyl (C=O) groups is 1. The van der Waals surface area contributed by atoms with Gasteiger partial charge in [-0.15, -0.1) is 0 Å². The third-order valence-electron chi connectivity index (χ3n) is 3.61. The second kappa shape index (κ2) is 6.18. The average molecular weight is 334 g/mol. The van der Waals surface area contributed by atoms with Gasteiger partial charge in [-0.1, -0.05) is 48.2 Å². The SMILES string of the molecule is CC(C)(C)NC(=O)C(C#N)=C1c2ccccc2Sc2ccccc21. The second-order valence-corrected chi connectivity index (χ2v) is 7.74. The number of rotatable bonds is 1. The van der Waals surface area contributed by atoms with Crippen LogP contribution in [0, 0.1) is 11.3 Å². The van der Waals surface area contributed by atoms with Crippen LogP contribution in [0.3, 0.4) is 0 Å². The zero-order valence-corrected chi connectivity index (χ0v) is 14.7. The molecule has 0 atom stereocenters. The predicted octanol–water partition coefficient (Wildman–Crippen LogP) is 4.39. The molecule has 0 saturated carbocycles. The van der Waals surface area contributed by atoms with Crippen LogP contribution in [-0.4, -0.2) is 11.4 Å². The van der Waals surface area contributed by atoms with Crippen LogP contribution < -0.4 is 5.32 Å². The number of benzene rings is 2. The van der Waals surface area contributed by atoms with Crippen LogP contribution in [0.4, 0.5) is 0 Å². The van der Waals surface area contributed by atoms with Crippen LogP contribution in [0.5, 0.6) is 0 Å². The number of nitrogens with one attached hydrogen (secondary N) is 1. The Balaban J connectivity index is 2.25. The fourth-order valence-electron chi connectivity index (χ4n) is 2.68. The van der Waals surface area contributed by atoms with Gasteiger partial charge >= 0.3 is 0 Å². The first-order valence-corrected chi connectivity index (χ1v) is 8.56. The summed E-state index contributed by atoms with van der Waals surface area (Å²) in [6.45, 7) is 5.72. The Kier molecular flexibility index (Phi) is 4.21. The largest absolute Gasteiger partial charge is 0.347 e. The maximum Gasteiger partial charge on any atom is 0.262 e. The van der Waals surface area contributed by atoms with Gasteiger partial charge in [0.2, 0.25) is 0 Å². The molecule has 0 spiro atoms. The van der Waals surface area contributed by atoms with Crippen molar-refractivity contribution in [2.45, 2.75) is 36.1 Å². The first-order valence-electron chi connectivity index (χ1n) is 7.74. The van der Waals surface area contributed by atoms with Crippen LogP contribution in [-0.2, 0) is 4.79 Å². The zero-order valence-electron chi connectivity index (χ0n) is 13.9. The Morgan fingerprint density at radius 1 is 1.00 bits per heavy atom. The van der Waals surface area contributed by atoms with E-state index in [0.29, 0.717) is 5.57 Å². The Labute approximate surface area is 146 Å². The molecule has 1 N–H and O–H groups in total. The van der Waals surface area contributed by atoms with E-state index < -0.39 is 5.54 Å². The highest BCUT2D eigenvalue weighted by atomic mass is 32.2. The molecule has 4 heteroatoms. The maximum absolute atomic E-state index is 12.7. The molecular formula is C20H18N2OS. The molecule has 0 saturated heterocycles. The topological polar surface area (TPSA) is 52.9 Å². The minimum absolute atomic E-state index is 0.158. The van der Waals surface area contributed by atoms with Crippen molar-refractivity contribution in [1.82, 2.24) is 5.32 Å². The Bertz CT molecular complexity index is 837. The molecule has 2 aromatic rings. The highest BCUT2D eigenvalue weighted by molar-refractivity contribution is 7.99. The van der Waals surface area contributed by atoms with Crippen LogP contribution in [0.25, 0.3) is 5.57 Å². The van der Waals surface area contributed by atoms with Crippen molar-refractivity contribution in [3.63, 3.8) is 0 Å². The monoisotopic (exact) mass is 334 g/mol. The van der Waals surface area contributed by atoms with Gasteiger partial charge in [-0.2, -0.15) is 5.26 Å². The lowest BCUT2D eigenvalue weighted by Crippen LogP contribution is -2.41. The summed E-state index contributed by atoms with van der Waals surface area (Å²) in [4.78, 5) is 14.8. The van der Waals surface area contributed by atoms with E-state index in [4.69, 9.17) is 0 Å². The number of fused-ring (bicyclic) bond motifs is 2. The number of amides is 1. The van der Waals surface area contributed by atoms with E-state index in [1.165, 1.54) is 0 Å². The quantitative estimate of drug-likeness (QED) is 0.530. The van der Waals surface area contributed by atoms with E-state index in [1.54, 1.807) is 11.8 Å². The van der Waals surface area contributed by atoms with Gasteiger partial charge in [-0.3, -0.25) is 4.79 Å². The van der Waals surface area contributed by atoms with E-state index >= 15 is 0 Å². The Hall–Kier alpha value is -2.51. The lowest BCUT2D eigenvalue weighted by Gasteiger charge is -2.25. The van der Waals surface area contributed by atoms with E-state index in [1.807, 2.05) is 69.3 Å². The number of carbonyl (C=O) groups excluding carboxylic acids is 1. The third kappa shape index (κ3) is 3.08. The van der Waals surface area contributed by atoms with Crippen molar-refractivity contribution in [3.05, 3.63) is 65.2 Å². The van der Waals surface area contributed by atoms with Gasteiger partial charge in [0.05, 0.1) is 0 Å². The fourth-order valence-corrected chi connectivity index (χ4v) is 3.77. The Morgan fingerprint density at radius 2 is 1.50 bits per heavy atom. The summed E-state index contributed by atoms with van der Waals surface area (Å²) in [5, 5.41) is 12.6. The molecular weight excluding hydrogens is 316 g/mol. The maximum atomic E-state index is 12.7. The summed E-state index contributed by atoms with van der Waals surface area (Å²) in [5.41, 5.74) is 2.33. The zero-order chi connectivity index (χ0) is 17.3. The van der Waals surface area contributed by atoms with Crippen molar-refractivity contribution >= 4 is 23.2 Å². The molecule has 0 unspecified atom stereocenters. The lowest BCUT2D eigenvalue weighted by molar-refractivity contribution is -0.118. The molecule has 1 heterocycles. The number of hydrogen-bond donors (Lipinski definition) is 1. The van der Waals surface area contributed by atoms with Crippen LogP contribution in [0.15, 0.2) is 63.9 Å². The van der Waals surface area contributed by atoms with Crippen molar-refractivity contribution in [1.29, 1.82) is 5.26 Å². The summed E-state index contributed by atoms with van der Waals surface area (Å²) in [6.07, 6.45) is 0. The van der Waals surface area contributed by atoms with Crippen LogP contribution >= 0.6 is 11.8 Å². The first-order chi connectivity index (χ1) is 11.4. The summed E-state index contributed by atoms with van der Waals surface area (Å²) >= 11 is 1.66. The second-order valence-electron chi connectivity index (χ2n) is 6.66. The fraction of sp³-hybridized carbons (Fsp3) is 0.200. The lowest BCUT2D eigenvalue weighted by atomic mass is 9.92. The molecule has 2 aromatic carbocycles. The molecule has 0 fully saturated rings. The third-order valence-corrected chi connectivity index (χ3v) is 4.76. The van der Waals surface area contributed by atoms with E-state index in [0.717, 1.165) is 20.9 Å². The average Bonchev–Trinajstić information content (AvgIpc) is 2.53. The highest BCUT2D eigenvalue weighted by Crippen LogP contribution is 2.46. The summed E-state index contributed by atoms with van der Waals surface area (Å²) in [6, 6.07) is 17.9. The van der Waals surface area contributed by atoms with E-state index in [9.17, 15) is 10.1 Å². The smallest absolute Gasteiger partial charge is 0.262 e. The predicted molar refractivity (Wildman–Crippen MR) is 96.5 cm³/mol. The molecule has 0 aliphatic carbocycles. The molecule has 3 nitrogen and oxygen atoms in total. The standard InChI is InChI=1S/C20H18N2OS/c1-20(2,3)22-19(23)15(12-21)18-13-8-4-6-10-16(13)24-17-11-7-5-9-14(17)18/h4-11H,1-3H3,(H,22,23). The molecule has 3 rings (SSSR count). The Morgan fingerprint density at radius 3 is 1.96 bits per heavy atom. The minimum Gasteiger partial charge on any atom is -0.347 e.